The Balaban J connectivity index is 1.47. The molecule has 2 aromatic carbocycles. The molecule has 2 aliphatic rings. The number of carbonyl (C=O) groups excluding carboxylic acids is 2. The van der Waals surface area contributed by atoms with Gasteiger partial charge in [0.1, 0.15) is 5.75 Å². The van der Waals surface area contributed by atoms with Crippen molar-refractivity contribution in [3.63, 3.8) is 0 Å². The smallest absolute Gasteiger partial charge is 0.251 e. The normalized spacial score (nSPS) is 18.1. The zero-order chi connectivity index (χ0) is 21.6. The molecule has 2 amide bonds. The maximum Gasteiger partial charge on any atom is 0.251 e. The van der Waals surface area contributed by atoms with E-state index in [1.54, 1.807) is 12.0 Å². The summed E-state index contributed by atoms with van der Waals surface area (Å²) in [5.41, 5.74) is 2.57. The Hall–Kier alpha value is -2.86. The lowest BCUT2D eigenvalue weighted by molar-refractivity contribution is -0.117. The number of methoxy groups -OCH3 is 1. The lowest BCUT2D eigenvalue weighted by atomic mass is 10.0. The molecule has 0 saturated carbocycles. The van der Waals surface area contributed by atoms with Crippen molar-refractivity contribution in [1.82, 2.24) is 10.2 Å². The second-order valence-corrected chi connectivity index (χ2v) is 8.29. The quantitative estimate of drug-likeness (QED) is 0.739. The summed E-state index contributed by atoms with van der Waals surface area (Å²) in [4.78, 5) is 29.3. The standard InChI is InChI=1S/C25H31N3O3/c1-31-22-12-10-19(11-13-22)23(27-14-3-2-4-15-27)18-26-25(30)20-7-5-8-21(17-20)28-16-6-9-24(28)29/h5,7-8,10-13,17,23H,2-4,6,9,14-16,18H2,1H3,(H,26,30)/t23-/m0/s1. The van der Waals surface area contributed by atoms with Crippen LogP contribution < -0.4 is 15.0 Å². The number of anilines is 1. The summed E-state index contributed by atoms with van der Waals surface area (Å²) in [6, 6.07) is 15.6. The van der Waals surface area contributed by atoms with Crippen LogP contribution in [0.5, 0.6) is 5.75 Å². The molecule has 1 atom stereocenters. The van der Waals surface area contributed by atoms with Crippen molar-refractivity contribution in [3.05, 3.63) is 59.7 Å². The molecule has 2 heterocycles. The fourth-order valence-corrected chi connectivity index (χ4v) is 4.54. The van der Waals surface area contributed by atoms with E-state index in [4.69, 9.17) is 4.74 Å². The third kappa shape index (κ3) is 5.07. The Morgan fingerprint density at radius 3 is 2.48 bits per heavy atom. The van der Waals surface area contributed by atoms with E-state index in [2.05, 4.69) is 22.3 Å². The summed E-state index contributed by atoms with van der Waals surface area (Å²) in [5.74, 6) is 0.852. The molecule has 164 valence electrons. The highest BCUT2D eigenvalue weighted by atomic mass is 16.5. The van der Waals surface area contributed by atoms with E-state index in [-0.39, 0.29) is 17.9 Å². The molecule has 0 radical (unpaired) electrons. The van der Waals surface area contributed by atoms with Gasteiger partial charge in [0.2, 0.25) is 5.91 Å². The van der Waals surface area contributed by atoms with E-state index in [1.807, 2.05) is 36.4 Å². The molecule has 2 aromatic rings. The molecule has 0 aromatic heterocycles. The average Bonchev–Trinajstić information content (AvgIpc) is 3.26. The number of likely N-dealkylation sites (tertiary alicyclic amines) is 1. The summed E-state index contributed by atoms with van der Waals surface area (Å²) >= 11 is 0. The highest BCUT2D eigenvalue weighted by molar-refractivity contribution is 5.99. The van der Waals surface area contributed by atoms with E-state index in [0.29, 0.717) is 18.5 Å². The zero-order valence-electron chi connectivity index (χ0n) is 18.2. The number of benzene rings is 2. The number of carbonyl (C=O) groups is 2. The second kappa shape index (κ2) is 9.96. The van der Waals surface area contributed by atoms with Crippen molar-refractivity contribution in [3.8, 4) is 5.75 Å². The molecular formula is C25H31N3O3. The Kier molecular flexibility index (Phi) is 6.87. The summed E-state index contributed by atoms with van der Waals surface area (Å²) in [5, 5.41) is 3.14. The molecule has 31 heavy (non-hydrogen) atoms. The average molecular weight is 422 g/mol. The van der Waals surface area contributed by atoms with Crippen LogP contribution in [0, 0.1) is 0 Å². The van der Waals surface area contributed by atoms with Crippen LogP contribution in [-0.2, 0) is 4.79 Å². The van der Waals surface area contributed by atoms with Crippen molar-refractivity contribution in [2.45, 2.75) is 38.1 Å². The first-order valence-corrected chi connectivity index (χ1v) is 11.2. The van der Waals surface area contributed by atoms with Crippen LogP contribution in [-0.4, -0.2) is 50.0 Å². The first kappa shape index (κ1) is 21.4. The topological polar surface area (TPSA) is 61.9 Å². The van der Waals surface area contributed by atoms with E-state index >= 15 is 0 Å². The van der Waals surface area contributed by atoms with Gasteiger partial charge in [-0.15, -0.1) is 0 Å². The molecule has 2 aliphatic heterocycles. The number of nitrogens with zero attached hydrogens (tertiary/aromatic N) is 2. The molecule has 4 rings (SSSR count). The van der Waals surface area contributed by atoms with E-state index in [1.165, 1.54) is 24.8 Å². The van der Waals surface area contributed by atoms with Crippen LogP contribution in [0.25, 0.3) is 0 Å². The predicted octanol–water partition coefficient (Wildman–Crippen LogP) is 3.78. The molecule has 0 spiro atoms. The summed E-state index contributed by atoms with van der Waals surface area (Å²) in [7, 11) is 1.67. The van der Waals surface area contributed by atoms with Gasteiger partial charge in [0.25, 0.3) is 5.91 Å². The molecule has 2 saturated heterocycles. The van der Waals surface area contributed by atoms with Gasteiger partial charge >= 0.3 is 0 Å². The highest BCUT2D eigenvalue weighted by Crippen LogP contribution is 2.26. The zero-order valence-corrected chi connectivity index (χ0v) is 18.2. The maximum atomic E-state index is 13.0. The molecular weight excluding hydrogens is 390 g/mol. The first-order valence-electron chi connectivity index (χ1n) is 11.2. The summed E-state index contributed by atoms with van der Waals surface area (Å²) in [6.45, 7) is 3.34. The minimum atomic E-state index is -0.107. The highest BCUT2D eigenvalue weighted by Gasteiger charge is 2.24. The van der Waals surface area contributed by atoms with Gasteiger partial charge in [-0.25, -0.2) is 0 Å². The number of piperidine rings is 1. The minimum Gasteiger partial charge on any atom is -0.497 e. The lowest BCUT2D eigenvalue weighted by Crippen LogP contribution is -2.40. The van der Waals surface area contributed by atoms with Crippen LogP contribution in [0.3, 0.4) is 0 Å². The number of rotatable bonds is 7. The predicted molar refractivity (Wildman–Crippen MR) is 122 cm³/mol. The largest absolute Gasteiger partial charge is 0.497 e. The number of nitrogens with one attached hydrogen (secondary N) is 1. The van der Waals surface area contributed by atoms with Gasteiger partial charge in [-0.3, -0.25) is 14.5 Å². The Morgan fingerprint density at radius 1 is 1.03 bits per heavy atom. The molecule has 0 unspecified atom stereocenters. The van der Waals surface area contributed by atoms with Gasteiger partial charge in [0.15, 0.2) is 0 Å². The van der Waals surface area contributed by atoms with Crippen LogP contribution in [0.2, 0.25) is 0 Å². The van der Waals surface area contributed by atoms with Crippen molar-refractivity contribution >= 4 is 17.5 Å². The fourth-order valence-electron chi connectivity index (χ4n) is 4.54. The molecule has 6 nitrogen and oxygen atoms in total. The monoisotopic (exact) mass is 421 g/mol. The Morgan fingerprint density at radius 2 is 1.81 bits per heavy atom. The van der Waals surface area contributed by atoms with Crippen LogP contribution in [0.4, 0.5) is 5.69 Å². The van der Waals surface area contributed by atoms with Crippen LogP contribution >= 0.6 is 0 Å². The van der Waals surface area contributed by atoms with Gasteiger partial charge in [-0.2, -0.15) is 0 Å². The summed E-state index contributed by atoms with van der Waals surface area (Å²) in [6.07, 6.45) is 5.09. The second-order valence-electron chi connectivity index (χ2n) is 8.29. The first-order chi connectivity index (χ1) is 15.2. The third-order valence-electron chi connectivity index (χ3n) is 6.28. The Labute approximate surface area is 184 Å². The summed E-state index contributed by atoms with van der Waals surface area (Å²) < 4.78 is 5.30. The molecule has 2 fully saturated rings. The third-order valence-corrected chi connectivity index (χ3v) is 6.28. The van der Waals surface area contributed by atoms with Crippen molar-refractivity contribution in [2.75, 3.05) is 38.2 Å². The molecule has 0 bridgehead atoms. The van der Waals surface area contributed by atoms with E-state index < -0.39 is 0 Å². The minimum absolute atomic E-state index is 0.107. The molecule has 1 N–H and O–H groups in total. The fraction of sp³-hybridized carbons (Fsp3) is 0.440. The lowest BCUT2D eigenvalue weighted by Gasteiger charge is -2.35. The van der Waals surface area contributed by atoms with E-state index in [9.17, 15) is 9.59 Å². The van der Waals surface area contributed by atoms with Gasteiger partial charge in [0.05, 0.1) is 13.2 Å². The van der Waals surface area contributed by atoms with Crippen molar-refractivity contribution < 1.29 is 14.3 Å². The van der Waals surface area contributed by atoms with Gasteiger partial charge < -0.3 is 15.0 Å². The number of hydrogen-bond acceptors (Lipinski definition) is 4. The van der Waals surface area contributed by atoms with Crippen molar-refractivity contribution in [1.29, 1.82) is 0 Å². The van der Waals surface area contributed by atoms with E-state index in [0.717, 1.165) is 37.5 Å². The number of ether oxygens (including phenoxy) is 1. The SMILES string of the molecule is COc1ccc([C@H](CNC(=O)c2cccc(N3CCCC3=O)c2)N2CCCCC2)cc1. The van der Waals surface area contributed by atoms with Gasteiger partial charge in [0, 0.05) is 30.8 Å². The van der Waals surface area contributed by atoms with Crippen LogP contribution in [0.1, 0.15) is 54.1 Å². The van der Waals surface area contributed by atoms with Crippen molar-refractivity contribution in [2.24, 2.45) is 0 Å². The molecule has 6 heteroatoms. The maximum absolute atomic E-state index is 13.0. The number of hydrogen-bond donors (Lipinski definition) is 1. The number of amides is 2. The van der Waals surface area contributed by atoms with Crippen LogP contribution in [0.15, 0.2) is 48.5 Å². The van der Waals surface area contributed by atoms with Gasteiger partial charge in [-0.1, -0.05) is 24.6 Å². The Bertz CT molecular complexity index is 906. The molecule has 0 aliphatic carbocycles. The van der Waals surface area contributed by atoms with Gasteiger partial charge in [-0.05, 0) is 68.2 Å².